The molecule has 0 unspecified atom stereocenters. The third-order valence-electron chi connectivity index (χ3n) is 21.6. The van der Waals surface area contributed by atoms with E-state index in [1.807, 2.05) is 59.1 Å². The van der Waals surface area contributed by atoms with Gasteiger partial charge in [0.05, 0.1) is 32.7 Å². The number of rotatable bonds is 5. The molecule has 15 aromatic rings. The Hall–Kier alpha value is -9.39. The molecule has 0 spiro atoms. The predicted octanol–water partition coefficient (Wildman–Crippen LogP) is 21.8. The van der Waals surface area contributed by atoms with Crippen LogP contribution in [0.5, 0.6) is 0 Å². The molecule has 0 atom stereocenters. The van der Waals surface area contributed by atoms with E-state index in [0.717, 1.165) is 157 Å². The lowest BCUT2D eigenvalue weighted by molar-refractivity contribution is -0.659. The average Bonchev–Trinajstić information content (AvgIpc) is 1.58. The molecular weight excluding hydrogens is 1170 g/mol. The lowest BCUT2D eigenvalue weighted by Crippen LogP contribution is -2.30. The zero-order chi connectivity index (χ0) is 78.6. The molecule has 6 aromatic heterocycles. The number of aromatic nitrogens is 6. The maximum Gasteiger partial charge on any atom is 0.214 e. The number of hydrogen-bond donors (Lipinski definition) is 0. The van der Waals surface area contributed by atoms with Crippen molar-refractivity contribution in [2.24, 2.45) is 47.7 Å². The summed E-state index contributed by atoms with van der Waals surface area (Å²) in [6.07, 6.45) is 15.9. The van der Waals surface area contributed by atoms with Crippen molar-refractivity contribution in [1.29, 1.82) is 0 Å². The molecule has 6 nitrogen and oxygen atoms in total. The molecule has 2 aliphatic carbocycles. The van der Waals surface area contributed by atoms with Gasteiger partial charge in [0.15, 0.2) is 18.6 Å². The van der Waals surface area contributed by atoms with Crippen molar-refractivity contribution in [1.82, 2.24) is 13.7 Å². The molecule has 6 heteroatoms. The minimum atomic E-state index is -2.14. The summed E-state index contributed by atoms with van der Waals surface area (Å²) in [5.74, 6) is -0.969. The Morgan fingerprint density at radius 2 is 0.677 bits per heavy atom. The highest BCUT2D eigenvalue weighted by atomic mass is 15.0. The highest BCUT2D eigenvalue weighted by Crippen LogP contribution is 2.44. The summed E-state index contributed by atoms with van der Waals surface area (Å²) >= 11 is 0. The van der Waals surface area contributed by atoms with Crippen LogP contribution in [0.3, 0.4) is 0 Å². The maximum absolute atomic E-state index is 9.26. The van der Waals surface area contributed by atoms with Crippen LogP contribution >= 0.6 is 0 Å². The standard InChI is InChI=1S/C33H37N2.C31H33N2.C26H25N2/c1-21-7-10-27(22(2)15-21)30-19-32-29(20-34(30)5)28-17-25-9-8-24(16-26(25)18-31(28)35(32)6)23-11-13-33(3,4)14-12-23;1-20-10-13-26(21(2)14-20)29-18-31-28(19-32(29)3)27-16-24-12-11-23(22-8-6-5-7-9-22)15-25(24)17-30(27)33(31)4;1-16-7-9-21(18(3)10-16)24-14-26-23(15-27(24)4)22-12-20-11-17(2)6-8-19(20)13-25(22)28(26)5/h7-10,15-20,23H,11-14H2,1-6H3;10-19,22H,5-9H2,1-4H3;6-15H,1-5H3/q3*+1/i1D3,23D;1D3,22D;1D3,2D3. The van der Waals surface area contributed by atoms with Gasteiger partial charge in [-0.2, -0.15) is 0 Å². The van der Waals surface area contributed by atoms with E-state index in [4.69, 9.17) is 17.8 Å². The Bertz CT molecular complexity index is 6260. The van der Waals surface area contributed by atoms with Crippen LogP contribution < -0.4 is 13.7 Å². The van der Waals surface area contributed by atoms with Crippen LogP contribution in [0.15, 0.2) is 182 Å². The second-order valence-corrected chi connectivity index (χ2v) is 28.7. The minimum Gasteiger partial charge on any atom is -0.343 e. The molecule has 17 rings (SSSR count). The first-order valence-electron chi connectivity index (χ1n) is 41.1. The summed E-state index contributed by atoms with van der Waals surface area (Å²) in [6.45, 7) is 2.04. The molecule has 0 amide bonds. The zero-order valence-corrected chi connectivity index (χ0v) is 57.4. The molecule has 0 aliphatic heterocycles. The molecule has 0 bridgehead atoms. The van der Waals surface area contributed by atoms with Gasteiger partial charge in [-0.1, -0.05) is 146 Å². The SMILES string of the molecule is [2H]C([2H])([2H])c1ccc(-c2cc3c(c[n+]2C)c2cc4cc(C([2H])([2H])[2H])ccc4cc2n3C)c(C)c1.[2H]C([2H])([2H])c1ccc(-c2cc3c(c[n+]2C)c2cc4ccc(C5([2H])CCC(C)(C)CC5)cc4cc2n3C)c(C)c1.[2H]C([2H])([2H])c1ccc(-c2cc3c(c[n+]2C)c2cc4ccc(C5([2H])CCCCC5)cc4cc2n3C)c(C)c1. The van der Waals surface area contributed by atoms with Crippen LogP contribution in [0, 0.1) is 53.6 Å². The van der Waals surface area contributed by atoms with Gasteiger partial charge in [0.25, 0.3) is 0 Å². The normalized spacial score (nSPS) is 18.0. The van der Waals surface area contributed by atoms with Gasteiger partial charge in [-0.25, -0.2) is 13.7 Å². The molecule has 2 saturated carbocycles. The summed E-state index contributed by atoms with van der Waals surface area (Å²) < 4.78 is 124. The number of fused-ring (bicyclic) bond motifs is 12. The smallest absolute Gasteiger partial charge is 0.214 e. The molecule has 9 aromatic carbocycles. The van der Waals surface area contributed by atoms with Gasteiger partial charge in [-0.05, 0) is 219 Å². The Kier molecular flexibility index (Phi) is 12.3. The van der Waals surface area contributed by atoms with Crippen LogP contribution in [0.1, 0.15) is 153 Å². The van der Waals surface area contributed by atoms with Gasteiger partial charge in [0, 0.05) is 108 Å². The first-order chi connectivity index (χ1) is 51.6. The lowest BCUT2D eigenvalue weighted by Gasteiger charge is -2.34. The van der Waals surface area contributed by atoms with Gasteiger partial charge >= 0.3 is 0 Å². The molecule has 0 saturated heterocycles. The Morgan fingerprint density at radius 3 is 1.07 bits per heavy atom. The molecule has 0 radical (unpaired) electrons. The summed E-state index contributed by atoms with van der Waals surface area (Å²) in [6, 6.07) is 54.5. The first kappa shape index (κ1) is 48.3. The van der Waals surface area contributed by atoms with Crippen molar-refractivity contribution < 1.29 is 32.9 Å². The molecule has 2 aliphatic rings. The quantitative estimate of drug-likeness (QED) is 0.154. The second kappa shape index (κ2) is 24.4. The first-order valence-corrected chi connectivity index (χ1v) is 34.1. The van der Waals surface area contributed by atoms with E-state index in [9.17, 15) is 1.37 Å². The van der Waals surface area contributed by atoms with E-state index in [-0.39, 0.29) is 0 Å². The van der Waals surface area contributed by atoms with E-state index in [0.29, 0.717) is 27.7 Å². The molecule has 0 N–H and O–H groups in total. The fraction of sp³-hybridized carbons (Fsp3) is 0.300. The van der Waals surface area contributed by atoms with Crippen LogP contribution in [0.4, 0.5) is 0 Å². The van der Waals surface area contributed by atoms with Crippen molar-refractivity contribution in [2.45, 2.75) is 132 Å². The van der Waals surface area contributed by atoms with Crippen LogP contribution in [0.2, 0.25) is 0 Å². The van der Waals surface area contributed by atoms with Crippen molar-refractivity contribution in [3.05, 3.63) is 232 Å². The van der Waals surface area contributed by atoms with Crippen LogP contribution in [-0.4, -0.2) is 13.7 Å². The van der Waals surface area contributed by atoms with E-state index >= 15 is 0 Å². The van der Waals surface area contributed by atoms with Crippen LogP contribution in [0.25, 0.3) is 132 Å². The average molecular weight is 1270 g/mol. The lowest BCUT2D eigenvalue weighted by atomic mass is 9.71. The third-order valence-corrected chi connectivity index (χ3v) is 21.6. The number of benzene rings is 9. The van der Waals surface area contributed by atoms with Gasteiger partial charge in [-0.3, -0.25) is 0 Å². The summed E-state index contributed by atoms with van der Waals surface area (Å²) in [5.41, 5.74) is 19.7. The zero-order valence-electron chi connectivity index (χ0n) is 71.4. The van der Waals surface area contributed by atoms with Crippen LogP contribution in [-0.2, 0) is 42.3 Å². The van der Waals surface area contributed by atoms with Crippen molar-refractivity contribution in [3.63, 3.8) is 0 Å². The third kappa shape index (κ3) is 11.3. The van der Waals surface area contributed by atoms with E-state index in [1.165, 1.54) is 60.5 Å². The molecule has 482 valence electrons. The highest BCUT2D eigenvalue weighted by molar-refractivity contribution is 6.15. The van der Waals surface area contributed by atoms with Gasteiger partial charge in [-0.15, -0.1) is 0 Å². The molecule has 6 heterocycles. The highest BCUT2D eigenvalue weighted by Gasteiger charge is 2.29. The minimum absolute atomic E-state index is 0.335. The Balaban J connectivity index is 0.000000131. The van der Waals surface area contributed by atoms with Crippen molar-refractivity contribution in [3.8, 4) is 33.8 Å². The van der Waals surface area contributed by atoms with Gasteiger partial charge in [0.2, 0.25) is 17.1 Å². The monoisotopic (exact) mass is 1270 g/mol. The van der Waals surface area contributed by atoms with Crippen molar-refractivity contribution >= 4 is 97.7 Å². The molecule has 2 fully saturated rings. The summed E-state index contributed by atoms with van der Waals surface area (Å²) in [7, 11) is 12.3. The number of nitrogens with zero attached hydrogens (tertiary/aromatic N) is 6. The number of hydrogen-bond acceptors (Lipinski definition) is 0. The topological polar surface area (TPSA) is 26.4 Å². The fourth-order valence-electron chi connectivity index (χ4n) is 16.0. The summed E-state index contributed by atoms with van der Waals surface area (Å²) in [5, 5.41) is 13.6. The van der Waals surface area contributed by atoms with E-state index < -0.39 is 39.2 Å². The number of aryl methyl sites for hydroxylation is 13. The number of pyridine rings is 3. The largest absolute Gasteiger partial charge is 0.343 e. The predicted molar refractivity (Wildman–Crippen MR) is 408 cm³/mol. The second-order valence-electron chi connectivity index (χ2n) is 28.7. The van der Waals surface area contributed by atoms with Crippen molar-refractivity contribution in [2.75, 3.05) is 0 Å². The Labute approximate surface area is 587 Å². The van der Waals surface area contributed by atoms with Gasteiger partial charge < -0.3 is 13.7 Å². The van der Waals surface area contributed by atoms with E-state index in [1.54, 1.807) is 48.5 Å². The molecular formula is C90H95N6+3. The van der Waals surface area contributed by atoms with E-state index in [2.05, 4.69) is 179 Å². The fourth-order valence-corrected chi connectivity index (χ4v) is 16.0. The van der Waals surface area contributed by atoms with Gasteiger partial charge in [0.1, 0.15) is 21.1 Å². The summed E-state index contributed by atoms with van der Waals surface area (Å²) in [4.78, 5) is 0. The molecule has 96 heavy (non-hydrogen) atoms. The Morgan fingerprint density at radius 1 is 0.354 bits per heavy atom. The maximum atomic E-state index is 9.26.